The Kier molecular flexibility index (Phi) is 10.6. The molecule has 5 nitrogen and oxygen atoms in total. The molecule has 2 saturated heterocycles. The number of halogens is 1. The van der Waals surface area contributed by atoms with Crippen LogP contribution in [0.25, 0.3) is 0 Å². The maximum Gasteiger partial charge on any atom is 0.253 e. The van der Waals surface area contributed by atoms with Gasteiger partial charge in [-0.2, -0.15) is 11.8 Å². The lowest BCUT2D eigenvalue weighted by atomic mass is 10.1. The highest BCUT2D eigenvalue weighted by molar-refractivity contribution is 14.0. The summed E-state index contributed by atoms with van der Waals surface area (Å²) in [5.41, 5.74) is 1.89. The monoisotopic (exact) mass is 530 g/mol. The van der Waals surface area contributed by atoms with Gasteiger partial charge in [0.05, 0.1) is 6.54 Å². The van der Waals surface area contributed by atoms with Crippen LogP contribution < -0.4 is 5.32 Å². The summed E-state index contributed by atoms with van der Waals surface area (Å²) in [5.74, 6) is 2.31. The van der Waals surface area contributed by atoms with Crippen LogP contribution in [0.4, 0.5) is 0 Å². The predicted molar refractivity (Wildman–Crippen MR) is 135 cm³/mol. The van der Waals surface area contributed by atoms with Gasteiger partial charge in [0.1, 0.15) is 0 Å². The number of rotatable bonds is 5. The second-order valence-corrected chi connectivity index (χ2v) is 8.98. The van der Waals surface area contributed by atoms with E-state index in [1.54, 1.807) is 0 Å². The number of hydrogen-bond donors (Lipinski definition) is 1. The maximum atomic E-state index is 12.8. The van der Waals surface area contributed by atoms with E-state index in [9.17, 15) is 4.79 Å². The first-order valence-corrected chi connectivity index (χ1v) is 11.8. The lowest BCUT2D eigenvalue weighted by Gasteiger charge is -2.34. The molecule has 0 bridgehead atoms. The Morgan fingerprint density at radius 1 is 1.17 bits per heavy atom. The number of benzene rings is 1. The molecule has 2 heterocycles. The zero-order valence-corrected chi connectivity index (χ0v) is 20.9. The molecule has 2 fully saturated rings. The number of nitrogens with one attached hydrogen (secondary N) is 1. The summed E-state index contributed by atoms with van der Waals surface area (Å²) in [6, 6.07) is 8.01. The number of thioether (sulfide) groups is 1. The van der Waals surface area contributed by atoms with Gasteiger partial charge < -0.3 is 15.1 Å². The van der Waals surface area contributed by atoms with Crippen molar-refractivity contribution in [3.63, 3.8) is 0 Å². The maximum absolute atomic E-state index is 12.8. The van der Waals surface area contributed by atoms with Crippen LogP contribution >= 0.6 is 35.7 Å². The number of amides is 1. The number of guanidine groups is 1. The summed E-state index contributed by atoms with van der Waals surface area (Å²) in [5, 5.41) is 4.13. The summed E-state index contributed by atoms with van der Waals surface area (Å²) in [4.78, 5) is 22.0. The average Bonchev–Trinajstić information content (AvgIpc) is 2.77. The van der Waals surface area contributed by atoms with Crippen LogP contribution in [0.5, 0.6) is 0 Å². The molecular weight excluding hydrogens is 495 g/mol. The standard InChI is InChI=1S/C22H34N4OS.HI/c1-3-20-17-26(13-14-28-20)22(23-4-2)24-16-18-9-8-10-19(15-18)21(27)25-11-6-5-7-12-25;/h8-10,15,20H,3-7,11-14,16-17H2,1-2H3,(H,23,24);1H. The second-order valence-electron chi connectivity index (χ2n) is 7.57. The van der Waals surface area contributed by atoms with Crippen LogP contribution in [0.3, 0.4) is 0 Å². The molecule has 1 aromatic rings. The van der Waals surface area contributed by atoms with Crippen molar-refractivity contribution in [3.05, 3.63) is 35.4 Å². The van der Waals surface area contributed by atoms with Crippen molar-refractivity contribution in [1.82, 2.24) is 15.1 Å². The van der Waals surface area contributed by atoms with Crippen molar-refractivity contribution in [2.24, 2.45) is 4.99 Å². The molecule has 1 aromatic carbocycles. The van der Waals surface area contributed by atoms with Gasteiger partial charge in [0, 0.05) is 49.3 Å². The van der Waals surface area contributed by atoms with Gasteiger partial charge in [0.15, 0.2) is 5.96 Å². The molecule has 2 aliphatic rings. The summed E-state index contributed by atoms with van der Waals surface area (Å²) in [6.07, 6.45) is 4.67. The molecule has 0 saturated carbocycles. The molecule has 0 aliphatic carbocycles. The van der Waals surface area contributed by atoms with Gasteiger partial charge in [-0.05, 0) is 50.3 Å². The minimum Gasteiger partial charge on any atom is -0.357 e. The molecule has 2 aliphatic heterocycles. The summed E-state index contributed by atoms with van der Waals surface area (Å²) in [7, 11) is 0. The Morgan fingerprint density at radius 2 is 1.97 bits per heavy atom. The van der Waals surface area contributed by atoms with E-state index in [1.165, 1.54) is 12.8 Å². The zero-order chi connectivity index (χ0) is 19.8. The topological polar surface area (TPSA) is 47.9 Å². The molecule has 0 radical (unpaired) electrons. The Balaban J connectivity index is 0.00000300. The van der Waals surface area contributed by atoms with Crippen molar-refractivity contribution >= 4 is 47.6 Å². The van der Waals surface area contributed by atoms with Crippen molar-refractivity contribution in [2.75, 3.05) is 38.5 Å². The molecule has 0 aromatic heterocycles. The van der Waals surface area contributed by atoms with Crippen LogP contribution in [0.1, 0.15) is 55.5 Å². The van der Waals surface area contributed by atoms with E-state index in [-0.39, 0.29) is 29.9 Å². The lowest BCUT2D eigenvalue weighted by Crippen LogP contribution is -2.48. The predicted octanol–water partition coefficient (Wildman–Crippen LogP) is 4.22. The second kappa shape index (κ2) is 12.7. The van der Waals surface area contributed by atoms with Crippen molar-refractivity contribution in [2.45, 2.75) is 51.3 Å². The zero-order valence-electron chi connectivity index (χ0n) is 17.7. The van der Waals surface area contributed by atoms with E-state index >= 15 is 0 Å². The largest absolute Gasteiger partial charge is 0.357 e. The van der Waals surface area contributed by atoms with E-state index in [1.807, 2.05) is 23.1 Å². The number of nitrogens with zero attached hydrogens (tertiary/aromatic N) is 3. The van der Waals surface area contributed by atoms with E-state index in [0.29, 0.717) is 11.8 Å². The molecular formula is C22H35IN4OS. The van der Waals surface area contributed by atoms with E-state index in [4.69, 9.17) is 4.99 Å². The molecule has 29 heavy (non-hydrogen) atoms. The quantitative estimate of drug-likeness (QED) is 0.352. The highest BCUT2D eigenvalue weighted by Crippen LogP contribution is 2.21. The minimum absolute atomic E-state index is 0. The van der Waals surface area contributed by atoms with Crippen LogP contribution in [-0.2, 0) is 6.54 Å². The number of carbonyl (C=O) groups excluding carboxylic acids is 1. The third kappa shape index (κ3) is 7.05. The van der Waals surface area contributed by atoms with Gasteiger partial charge in [-0.1, -0.05) is 19.1 Å². The first kappa shape index (κ1) is 24.3. The fourth-order valence-electron chi connectivity index (χ4n) is 3.83. The Hall–Kier alpha value is -0.960. The third-order valence-corrected chi connectivity index (χ3v) is 6.83. The van der Waals surface area contributed by atoms with Gasteiger partial charge in [-0.25, -0.2) is 4.99 Å². The van der Waals surface area contributed by atoms with Crippen LogP contribution in [-0.4, -0.2) is 65.4 Å². The molecule has 7 heteroatoms. The van der Waals surface area contributed by atoms with Crippen LogP contribution in [0.2, 0.25) is 0 Å². The minimum atomic E-state index is 0. The number of likely N-dealkylation sites (tertiary alicyclic amines) is 1. The number of carbonyl (C=O) groups is 1. The van der Waals surface area contributed by atoms with Crippen molar-refractivity contribution in [3.8, 4) is 0 Å². The SMILES string of the molecule is CCNC(=NCc1cccc(C(=O)N2CCCCC2)c1)N1CCSC(CC)C1.I. The number of piperidine rings is 1. The fourth-order valence-corrected chi connectivity index (χ4v) is 5.01. The van der Waals surface area contributed by atoms with Crippen LogP contribution in [0, 0.1) is 0 Å². The molecule has 0 spiro atoms. The molecule has 162 valence electrons. The first-order chi connectivity index (χ1) is 13.7. The van der Waals surface area contributed by atoms with E-state index in [0.717, 1.165) is 68.4 Å². The van der Waals surface area contributed by atoms with E-state index in [2.05, 4.69) is 41.9 Å². The number of aliphatic imine (C=N–C) groups is 1. The van der Waals surface area contributed by atoms with Crippen LogP contribution in [0.15, 0.2) is 29.3 Å². The number of hydrogen-bond acceptors (Lipinski definition) is 3. The molecule has 1 unspecified atom stereocenters. The summed E-state index contributed by atoms with van der Waals surface area (Å²) in [6.45, 7) is 9.71. The normalized spacial score (nSPS) is 20.2. The lowest BCUT2D eigenvalue weighted by molar-refractivity contribution is 0.0724. The van der Waals surface area contributed by atoms with Gasteiger partial charge in [-0.15, -0.1) is 24.0 Å². The van der Waals surface area contributed by atoms with Gasteiger partial charge >= 0.3 is 0 Å². The van der Waals surface area contributed by atoms with Gasteiger partial charge in [0.2, 0.25) is 0 Å². The summed E-state index contributed by atoms with van der Waals surface area (Å²) >= 11 is 2.07. The van der Waals surface area contributed by atoms with Gasteiger partial charge in [0.25, 0.3) is 5.91 Å². The average molecular weight is 531 g/mol. The highest BCUT2D eigenvalue weighted by atomic mass is 127. The third-order valence-electron chi connectivity index (χ3n) is 5.46. The fraction of sp³-hybridized carbons (Fsp3) is 0.636. The Labute approximate surface area is 197 Å². The Morgan fingerprint density at radius 3 is 2.69 bits per heavy atom. The van der Waals surface area contributed by atoms with Gasteiger partial charge in [-0.3, -0.25) is 4.79 Å². The Bertz CT molecular complexity index is 679. The smallest absolute Gasteiger partial charge is 0.253 e. The molecule has 1 atom stereocenters. The molecule has 1 amide bonds. The molecule has 1 N–H and O–H groups in total. The summed E-state index contributed by atoms with van der Waals surface area (Å²) < 4.78 is 0. The van der Waals surface area contributed by atoms with E-state index < -0.39 is 0 Å². The molecule has 3 rings (SSSR count). The highest BCUT2D eigenvalue weighted by Gasteiger charge is 2.21. The first-order valence-electron chi connectivity index (χ1n) is 10.7. The van der Waals surface area contributed by atoms with Crippen molar-refractivity contribution in [1.29, 1.82) is 0 Å². The van der Waals surface area contributed by atoms with Crippen molar-refractivity contribution < 1.29 is 4.79 Å².